The number of nitrogens with zero attached hydrogens (tertiary/aromatic N) is 5. The van der Waals surface area contributed by atoms with E-state index < -0.39 is 0 Å². The lowest BCUT2D eigenvalue weighted by molar-refractivity contribution is -0.137. The van der Waals surface area contributed by atoms with Crippen LogP contribution >= 0.6 is 0 Å². The topological polar surface area (TPSA) is 62.2 Å². The smallest absolute Gasteiger partial charge is 0.225 e. The van der Waals surface area contributed by atoms with Gasteiger partial charge in [0.05, 0.1) is 5.69 Å². The van der Waals surface area contributed by atoms with Gasteiger partial charge in [-0.2, -0.15) is 0 Å². The Bertz CT molecular complexity index is 906. The summed E-state index contributed by atoms with van der Waals surface area (Å²) in [7, 11) is 0. The number of amides is 1. The van der Waals surface area contributed by atoms with Gasteiger partial charge in [-0.3, -0.25) is 9.78 Å². The number of likely N-dealkylation sites (tertiary alicyclic amines) is 1. The zero-order chi connectivity index (χ0) is 21.8. The molecule has 1 saturated carbocycles. The van der Waals surface area contributed by atoms with Crippen LogP contribution in [0, 0.1) is 5.92 Å². The molecule has 3 fully saturated rings. The van der Waals surface area contributed by atoms with Gasteiger partial charge in [-0.25, -0.2) is 9.97 Å². The summed E-state index contributed by atoms with van der Waals surface area (Å²) in [5.41, 5.74) is 3.22. The molecule has 0 spiro atoms. The number of hydrogen-bond donors (Lipinski definition) is 0. The van der Waals surface area contributed by atoms with Crippen molar-refractivity contribution in [3.63, 3.8) is 0 Å². The molecule has 6 heteroatoms. The van der Waals surface area contributed by atoms with Gasteiger partial charge in [0.25, 0.3) is 0 Å². The van der Waals surface area contributed by atoms with Gasteiger partial charge >= 0.3 is 0 Å². The Morgan fingerprint density at radius 2 is 1.72 bits per heavy atom. The van der Waals surface area contributed by atoms with Crippen molar-refractivity contribution in [2.75, 3.05) is 31.1 Å². The van der Waals surface area contributed by atoms with E-state index in [0.29, 0.717) is 5.91 Å². The summed E-state index contributed by atoms with van der Waals surface area (Å²) in [5.74, 6) is 1.71. The second-order valence-corrected chi connectivity index (χ2v) is 9.72. The Morgan fingerprint density at radius 3 is 2.50 bits per heavy atom. The summed E-state index contributed by atoms with van der Waals surface area (Å²) in [5, 5.41) is 0. The maximum Gasteiger partial charge on any atom is 0.225 e. The molecule has 1 aliphatic carbocycles. The standard InChI is InChI=1S/C26H35N5O/c32-25(20-9-3-1-4-10-20)31-16-8-12-22(19-31)24-23(21-11-7-13-27-17-21)18-28-26(29-24)30-14-5-2-6-15-30/h7,11,13,17-18,20,22H,1-6,8-10,12,14-16,19H2. The maximum atomic E-state index is 13.3. The van der Waals surface area contributed by atoms with Gasteiger partial charge in [0.2, 0.25) is 11.9 Å². The van der Waals surface area contributed by atoms with Gasteiger partial charge < -0.3 is 9.80 Å². The van der Waals surface area contributed by atoms with Gasteiger partial charge in [0, 0.05) is 67.7 Å². The van der Waals surface area contributed by atoms with Gasteiger partial charge in [-0.15, -0.1) is 0 Å². The lowest BCUT2D eigenvalue weighted by Gasteiger charge is -2.36. The molecule has 0 bridgehead atoms. The van der Waals surface area contributed by atoms with Crippen LogP contribution in [0.25, 0.3) is 11.1 Å². The molecule has 6 nitrogen and oxygen atoms in total. The van der Waals surface area contributed by atoms with E-state index >= 15 is 0 Å². The van der Waals surface area contributed by atoms with Gasteiger partial charge in [0.15, 0.2) is 0 Å². The Labute approximate surface area is 191 Å². The minimum atomic E-state index is 0.231. The molecule has 0 radical (unpaired) electrons. The van der Waals surface area contributed by atoms with E-state index in [2.05, 4.69) is 20.9 Å². The predicted molar refractivity (Wildman–Crippen MR) is 126 cm³/mol. The molecule has 2 aromatic rings. The van der Waals surface area contributed by atoms with Crippen LogP contribution in [0.15, 0.2) is 30.7 Å². The number of hydrogen-bond acceptors (Lipinski definition) is 5. The first-order chi connectivity index (χ1) is 15.8. The van der Waals surface area contributed by atoms with Crippen LogP contribution in [0.5, 0.6) is 0 Å². The molecule has 2 aromatic heterocycles. The van der Waals surface area contributed by atoms with Gasteiger partial charge in [-0.05, 0) is 51.0 Å². The van der Waals surface area contributed by atoms with E-state index in [9.17, 15) is 4.79 Å². The molecule has 1 amide bonds. The first-order valence-electron chi connectivity index (χ1n) is 12.6. The number of rotatable bonds is 4. The molecule has 3 aliphatic rings. The van der Waals surface area contributed by atoms with E-state index in [1.807, 2.05) is 18.5 Å². The number of carbonyl (C=O) groups is 1. The molecule has 170 valence electrons. The van der Waals surface area contributed by atoms with Crippen molar-refractivity contribution in [2.24, 2.45) is 5.92 Å². The summed E-state index contributed by atoms with van der Waals surface area (Å²) < 4.78 is 0. The van der Waals surface area contributed by atoms with Crippen LogP contribution < -0.4 is 4.90 Å². The van der Waals surface area contributed by atoms with Crippen LogP contribution in [0.4, 0.5) is 5.95 Å². The fourth-order valence-electron chi connectivity index (χ4n) is 5.70. The highest BCUT2D eigenvalue weighted by atomic mass is 16.2. The number of piperidine rings is 2. The van der Waals surface area contributed by atoms with E-state index in [1.165, 1.54) is 38.5 Å². The summed E-state index contributed by atoms with van der Waals surface area (Å²) >= 11 is 0. The summed E-state index contributed by atoms with van der Waals surface area (Å²) in [6.07, 6.45) is 17.3. The Kier molecular flexibility index (Phi) is 6.65. The first kappa shape index (κ1) is 21.4. The molecule has 32 heavy (non-hydrogen) atoms. The minimum Gasteiger partial charge on any atom is -0.342 e. The summed E-state index contributed by atoms with van der Waals surface area (Å²) in [6.45, 7) is 3.72. The van der Waals surface area contributed by atoms with Crippen LogP contribution in [-0.4, -0.2) is 51.9 Å². The van der Waals surface area contributed by atoms with E-state index in [4.69, 9.17) is 9.97 Å². The number of pyridine rings is 1. The van der Waals surface area contributed by atoms with Crippen molar-refractivity contribution in [1.82, 2.24) is 19.9 Å². The maximum absolute atomic E-state index is 13.3. The van der Waals surface area contributed by atoms with Crippen LogP contribution in [-0.2, 0) is 4.79 Å². The molecule has 2 aliphatic heterocycles. The molecule has 4 heterocycles. The second-order valence-electron chi connectivity index (χ2n) is 9.72. The molecule has 0 aromatic carbocycles. The zero-order valence-electron chi connectivity index (χ0n) is 19.1. The summed E-state index contributed by atoms with van der Waals surface area (Å²) in [6, 6.07) is 4.06. The van der Waals surface area contributed by atoms with Crippen LogP contribution in [0.3, 0.4) is 0 Å². The molecule has 5 rings (SSSR count). The lowest BCUT2D eigenvalue weighted by atomic mass is 9.86. The molecular weight excluding hydrogens is 398 g/mol. The van der Waals surface area contributed by atoms with Crippen molar-refractivity contribution in [2.45, 2.75) is 70.1 Å². The van der Waals surface area contributed by atoms with Crippen LogP contribution in [0.2, 0.25) is 0 Å². The fourth-order valence-corrected chi connectivity index (χ4v) is 5.70. The SMILES string of the molecule is O=C(C1CCCCC1)N1CCCC(c2nc(N3CCCCC3)ncc2-c2cccnc2)C1. The van der Waals surface area contributed by atoms with E-state index in [-0.39, 0.29) is 11.8 Å². The number of aromatic nitrogens is 3. The Hall–Kier alpha value is -2.50. The zero-order valence-corrected chi connectivity index (χ0v) is 19.1. The second kappa shape index (κ2) is 9.97. The van der Waals surface area contributed by atoms with E-state index in [1.54, 1.807) is 6.20 Å². The number of anilines is 1. The summed E-state index contributed by atoms with van der Waals surface area (Å²) in [4.78, 5) is 32.0. The van der Waals surface area contributed by atoms with Gasteiger partial charge in [0.1, 0.15) is 0 Å². The van der Waals surface area contributed by atoms with Crippen molar-refractivity contribution in [3.8, 4) is 11.1 Å². The third-order valence-corrected chi connectivity index (χ3v) is 7.49. The minimum absolute atomic E-state index is 0.231. The van der Waals surface area contributed by atoms with Crippen molar-refractivity contribution in [1.29, 1.82) is 0 Å². The molecule has 0 N–H and O–H groups in total. The lowest BCUT2D eigenvalue weighted by Crippen LogP contribution is -2.43. The van der Waals surface area contributed by atoms with Crippen molar-refractivity contribution < 1.29 is 4.79 Å². The molecular formula is C26H35N5O. The van der Waals surface area contributed by atoms with Gasteiger partial charge in [-0.1, -0.05) is 25.3 Å². The number of carbonyl (C=O) groups excluding carboxylic acids is 1. The average Bonchev–Trinajstić information content (AvgIpc) is 2.89. The Morgan fingerprint density at radius 1 is 0.906 bits per heavy atom. The normalized spacial score (nSPS) is 22.7. The first-order valence-corrected chi connectivity index (χ1v) is 12.6. The molecule has 1 unspecified atom stereocenters. The highest BCUT2D eigenvalue weighted by Crippen LogP contribution is 2.35. The largest absolute Gasteiger partial charge is 0.342 e. The highest BCUT2D eigenvalue weighted by molar-refractivity contribution is 5.79. The quantitative estimate of drug-likeness (QED) is 0.692. The molecule has 1 atom stereocenters. The van der Waals surface area contributed by atoms with E-state index in [0.717, 1.165) is 74.6 Å². The average molecular weight is 434 g/mol. The highest BCUT2D eigenvalue weighted by Gasteiger charge is 2.32. The Balaban J connectivity index is 1.43. The van der Waals surface area contributed by atoms with Crippen molar-refractivity contribution >= 4 is 11.9 Å². The molecule has 2 saturated heterocycles. The van der Waals surface area contributed by atoms with Crippen molar-refractivity contribution in [3.05, 3.63) is 36.4 Å². The third-order valence-electron chi connectivity index (χ3n) is 7.49. The monoisotopic (exact) mass is 433 g/mol. The third kappa shape index (κ3) is 4.64. The van der Waals surface area contributed by atoms with Crippen LogP contribution in [0.1, 0.15) is 75.8 Å². The predicted octanol–water partition coefficient (Wildman–Crippen LogP) is 4.82. The fraction of sp³-hybridized carbons (Fsp3) is 0.615.